The Morgan fingerprint density at radius 3 is 2.59 bits per heavy atom. The molecule has 0 spiro atoms. The van der Waals surface area contributed by atoms with E-state index in [9.17, 15) is 19.2 Å². The minimum absolute atomic E-state index is 0.0772. The molecule has 2 N–H and O–H groups in total. The number of carbonyl (C=O) groups excluding carboxylic acids is 4. The molecule has 0 unspecified atom stereocenters. The van der Waals surface area contributed by atoms with Crippen LogP contribution in [-0.4, -0.2) is 103 Å². The van der Waals surface area contributed by atoms with Gasteiger partial charge in [0.25, 0.3) is 17.7 Å². The SMILES string of the molecule is COc1ccc2cc1O[C@H]1C[C@@H](C(=O)NCCCCN(C(=O)c3sc(C)nc3C)CCCNC2=O)N(C(=O)[C@H]2CCCO2)C1. The third-order valence-corrected chi connectivity index (χ3v) is 9.26. The molecule has 3 aliphatic rings. The van der Waals surface area contributed by atoms with Crippen LogP contribution in [0.15, 0.2) is 18.2 Å². The highest BCUT2D eigenvalue weighted by Gasteiger charge is 2.43. The molecule has 44 heavy (non-hydrogen) atoms. The van der Waals surface area contributed by atoms with Gasteiger partial charge < -0.3 is 34.6 Å². The first-order valence-corrected chi connectivity index (χ1v) is 16.1. The summed E-state index contributed by atoms with van der Waals surface area (Å²) in [6, 6.07) is 4.23. The summed E-state index contributed by atoms with van der Waals surface area (Å²) in [4.78, 5) is 61.8. The number of fused-ring (bicyclic) bond motifs is 4. The third kappa shape index (κ3) is 7.32. The van der Waals surface area contributed by atoms with Crippen LogP contribution in [0.3, 0.4) is 0 Å². The van der Waals surface area contributed by atoms with Gasteiger partial charge in [0.05, 0.1) is 24.4 Å². The maximum absolute atomic E-state index is 13.5. The Morgan fingerprint density at radius 2 is 1.86 bits per heavy atom. The van der Waals surface area contributed by atoms with E-state index in [1.807, 2.05) is 13.8 Å². The van der Waals surface area contributed by atoms with Crippen molar-refractivity contribution in [2.24, 2.45) is 0 Å². The second-order valence-electron chi connectivity index (χ2n) is 11.4. The molecule has 12 nitrogen and oxygen atoms in total. The highest BCUT2D eigenvalue weighted by molar-refractivity contribution is 7.13. The van der Waals surface area contributed by atoms with Crippen LogP contribution in [0, 0.1) is 13.8 Å². The largest absolute Gasteiger partial charge is 0.493 e. The maximum Gasteiger partial charge on any atom is 0.265 e. The molecule has 1 aromatic heterocycles. The monoisotopic (exact) mass is 627 g/mol. The zero-order valence-electron chi connectivity index (χ0n) is 25.6. The van der Waals surface area contributed by atoms with Gasteiger partial charge in [0.15, 0.2) is 11.5 Å². The molecule has 0 saturated carbocycles. The molecule has 238 valence electrons. The Kier molecular flexibility index (Phi) is 10.4. The Balaban J connectivity index is 1.36. The van der Waals surface area contributed by atoms with Gasteiger partial charge in [-0.05, 0) is 64.2 Å². The van der Waals surface area contributed by atoms with E-state index >= 15 is 0 Å². The zero-order valence-corrected chi connectivity index (χ0v) is 26.4. The molecule has 4 heterocycles. The normalized spacial score (nSPS) is 23.6. The van der Waals surface area contributed by atoms with Gasteiger partial charge in [-0.15, -0.1) is 11.3 Å². The Bertz CT molecular complexity index is 1380. The summed E-state index contributed by atoms with van der Waals surface area (Å²) in [5.41, 5.74) is 1.10. The van der Waals surface area contributed by atoms with Gasteiger partial charge in [0.1, 0.15) is 23.1 Å². The predicted molar refractivity (Wildman–Crippen MR) is 163 cm³/mol. The van der Waals surface area contributed by atoms with Gasteiger partial charge in [-0.1, -0.05) is 0 Å². The van der Waals surface area contributed by atoms with Crippen molar-refractivity contribution in [2.75, 3.05) is 46.4 Å². The van der Waals surface area contributed by atoms with E-state index in [1.165, 1.54) is 18.4 Å². The summed E-state index contributed by atoms with van der Waals surface area (Å²) in [6.45, 7) is 6.21. The van der Waals surface area contributed by atoms with Gasteiger partial charge in [-0.3, -0.25) is 19.2 Å². The van der Waals surface area contributed by atoms with Crippen LogP contribution >= 0.6 is 11.3 Å². The number of carbonyl (C=O) groups is 4. The lowest BCUT2D eigenvalue weighted by atomic mass is 10.1. The van der Waals surface area contributed by atoms with Crippen molar-refractivity contribution in [3.05, 3.63) is 39.3 Å². The smallest absolute Gasteiger partial charge is 0.265 e. The van der Waals surface area contributed by atoms with Gasteiger partial charge >= 0.3 is 0 Å². The standard InChI is InChI=1S/C31H41N5O7S/c1-19-27(44-20(2)34-19)31(40)35-13-5-4-11-33-29(38)23-17-22(18-36(23)30(39)25-8-6-15-42-25)43-26-16-21(9-10-24(26)41-3)28(37)32-12-7-14-35/h9-10,16,22-23,25H,4-8,11-15,17-18H2,1-3H3,(H,32,37)(H,33,38)/t22-,23-,25+/m0/s1. The van der Waals surface area contributed by atoms with E-state index in [0.717, 1.165) is 11.4 Å². The van der Waals surface area contributed by atoms with E-state index in [1.54, 1.807) is 28.0 Å². The van der Waals surface area contributed by atoms with E-state index in [0.29, 0.717) is 92.5 Å². The number of aryl methyl sites for hydroxylation is 2. The Morgan fingerprint density at radius 1 is 1.07 bits per heavy atom. The molecule has 3 atom stereocenters. The first-order chi connectivity index (χ1) is 21.2. The van der Waals surface area contributed by atoms with E-state index in [-0.39, 0.29) is 30.2 Å². The first-order valence-electron chi connectivity index (χ1n) is 15.3. The van der Waals surface area contributed by atoms with Crippen LogP contribution < -0.4 is 20.1 Å². The molecule has 0 aliphatic carbocycles. The lowest BCUT2D eigenvalue weighted by molar-refractivity contribution is -0.145. The number of hydrogen-bond donors (Lipinski definition) is 2. The van der Waals surface area contributed by atoms with Gasteiger partial charge in [-0.25, -0.2) is 4.98 Å². The number of methoxy groups -OCH3 is 1. The molecule has 2 fully saturated rings. The predicted octanol–water partition coefficient (Wildman–Crippen LogP) is 2.47. The average Bonchev–Trinajstić information content (AvgIpc) is 3.77. The number of amides is 4. The van der Waals surface area contributed by atoms with Crippen LogP contribution in [0.2, 0.25) is 0 Å². The lowest BCUT2D eigenvalue weighted by Gasteiger charge is -2.26. The minimum Gasteiger partial charge on any atom is -0.493 e. The second-order valence-corrected chi connectivity index (χ2v) is 12.6. The number of rotatable bonds is 3. The minimum atomic E-state index is -0.716. The number of nitrogens with one attached hydrogen (secondary N) is 2. The molecule has 3 aliphatic heterocycles. The molecule has 2 saturated heterocycles. The van der Waals surface area contributed by atoms with E-state index in [4.69, 9.17) is 14.2 Å². The zero-order chi connectivity index (χ0) is 31.2. The average molecular weight is 628 g/mol. The molecule has 5 rings (SSSR count). The van der Waals surface area contributed by atoms with Crippen molar-refractivity contribution in [3.8, 4) is 11.5 Å². The number of thiazole rings is 1. The summed E-state index contributed by atoms with van der Waals surface area (Å²) in [6.07, 6.45) is 2.57. The highest BCUT2D eigenvalue weighted by Crippen LogP contribution is 2.33. The number of ether oxygens (including phenoxy) is 3. The van der Waals surface area contributed by atoms with Crippen molar-refractivity contribution < 1.29 is 33.4 Å². The van der Waals surface area contributed by atoms with Crippen LogP contribution in [0.5, 0.6) is 11.5 Å². The Labute approximate surface area is 261 Å². The molecule has 0 radical (unpaired) electrons. The van der Waals surface area contributed by atoms with E-state index < -0.39 is 18.2 Å². The molecule has 1 aromatic carbocycles. The molecule has 13 heteroatoms. The fourth-order valence-corrected chi connectivity index (χ4v) is 6.83. The summed E-state index contributed by atoms with van der Waals surface area (Å²) >= 11 is 1.38. The third-order valence-electron chi connectivity index (χ3n) is 8.20. The van der Waals surface area contributed by atoms with Gasteiger partial charge in [0, 0.05) is 44.8 Å². The molecule has 2 aromatic rings. The highest BCUT2D eigenvalue weighted by atomic mass is 32.1. The summed E-state index contributed by atoms with van der Waals surface area (Å²) in [5.74, 6) is -0.00344. The van der Waals surface area contributed by atoms with Crippen LogP contribution in [0.25, 0.3) is 0 Å². The van der Waals surface area contributed by atoms with Crippen LogP contribution in [0.1, 0.15) is 69.3 Å². The molecular formula is C31H41N5O7S. The van der Waals surface area contributed by atoms with Crippen LogP contribution in [0.4, 0.5) is 0 Å². The van der Waals surface area contributed by atoms with Crippen molar-refractivity contribution in [1.29, 1.82) is 0 Å². The van der Waals surface area contributed by atoms with Crippen molar-refractivity contribution in [3.63, 3.8) is 0 Å². The van der Waals surface area contributed by atoms with Crippen LogP contribution in [-0.2, 0) is 14.3 Å². The van der Waals surface area contributed by atoms with Gasteiger partial charge in [0.2, 0.25) is 5.91 Å². The first kappa shape index (κ1) is 31.7. The summed E-state index contributed by atoms with van der Waals surface area (Å²) < 4.78 is 17.4. The summed E-state index contributed by atoms with van der Waals surface area (Å²) in [7, 11) is 1.52. The fourth-order valence-electron chi connectivity index (χ4n) is 5.94. The van der Waals surface area contributed by atoms with E-state index in [2.05, 4.69) is 15.6 Å². The second kappa shape index (κ2) is 14.4. The number of nitrogens with zero attached hydrogens (tertiary/aromatic N) is 3. The maximum atomic E-state index is 13.5. The quantitative estimate of drug-likeness (QED) is 0.529. The number of likely N-dealkylation sites (tertiary alicyclic amines) is 1. The Hall–Kier alpha value is -3.71. The lowest BCUT2D eigenvalue weighted by Crippen LogP contribution is -2.49. The molecule has 4 amide bonds. The molecule has 4 bridgehead atoms. The fraction of sp³-hybridized carbons (Fsp3) is 0.581. The number of aromatic nitrogens is 1. The number of hydrogen-bond acceptors (Lipinski definition) is 9. The van der Waals surface area contributed by atoms with Gasteiger partial charge in [-0.2, -0.15) is 0 Å². The van der Waals surface area contributed by atoms with Crippen molar-refractivity contribution >= 4 is 35.0 Å². The number of benzene rings is 1. The topological polar surface area (TPSA) is 139 Å². The van der Waals surface area contributed by atoms with Crippen molar-refractivity contribution in [2.45, 2.75) is 70.6 Å². The summed E-state index contributed by atoms with van der Waals surface area (Å²) in [5, 5.41) is 6.78. The van der Waals surface area contributed by atoms with Crippen molar-refractivity contribution in [1.82, 2.24) is 25.4 Å². The molecular weight excluding hydrogens is 586 g/mol.